The highest BCUT2D eigenvalue weighted by atomic mass is 16.2. The Hall–Kier alpha value is -1.85. The highest BCUT2D eigenvalue weighted by Gasteiger charge is 2.18. The second kappa shape index (κ2) is 3.04. The standard InChI is InChI=1S/C6H8N4O2/c7-4(11)3-1-2-9-6(10-3)5(8)12/h1-2,6,10H,(H2,7,11)(H2,8,12). The number of hydrogen-bond acceptors (Lipinski definition) is 4. The van der Waals surface area contributed by atoms with Crippen molar-refractivity contribution in [1.82, 2.24) is 5.32 Å². The maximum Gasteiger partial charge on any atom is 0.264 e. The summed E-state index contributed by atoms with van der Waals surface area (Å²) in [5.41, 5.74) is 10.0. The fourth-order valence-corrected chi connectivity index (χ4v) is 0.734. The lowest BCUT2D eigenvalue weighted by molar-refractivity contribution is -0.119. The normalized spacial score (nSPS) is 21.0. The molecule has 1 heterocycles. The molecule has 0 aromatic heterocycles. The Morgan fingerprint density at radius 3 is 2.67 bits per heavy atom. The summed E-state index contributed by atoms with van der Waals surface area (Å²) in [6.45, 7) is 0. The van der Waals surface area contributed by atoms with E-state index >= 15 is 0 Å². The van der Waals surface area contributed by atoms with E-state index in [0.29, 0.717) is 0 Å². The van der Waals surface area contributed by atoms with Crippen molar-refractivity contribution in [1.29, 1.82) is 0 Å². The average molecular weight is 168 g/mol. The number of carbonyl (C=O) groups excluding carboxylic acids is 2. The minimum atomic E-state index is -0.891. The number of aliphatic imine (C=N–C) groups is 1. The molecule has 6 heteroatoms. The Morgan fingerprint density at radius 2 is 2.17 bits per heavy atom. The molecule has 0 aromatic carbocycles. The lowest BCUT2D eigenvalue weighted by Gasteiger charge is -2.15. The van der Waals surface area contributed by atoms with Gasteiger partial charge in [-0.3, -0.25) is 14.6 Å². The SMILES string of the molecule is NC(=O)C1=CC=NC(C(N)=O)N1. The first kappa shape index (κ1) is 8.25. The van der Waals surface area contributed by atoms with Gasteiger partial charge in [-0.15, -0.1) is 0 Å². The topological polar surface area (TPSA) is 111 Å². The zero-order valence-corrected chi connectivity index (χ0v) is 6.15. The van der Waals surface area contributed by atoms with Crippen LogP contribution in [0.5, 0.6) is 0 Å². The highest BCUT2D eigenvalue weighted by molar-refractivity contribution is 5.98. The van der Waals surface area contributed by atoms with Crippen molar-refractivity contribution in [3.05, 3.63) is 11.8 Å². The first-order valence-electron chi connectivity index (χ1n) is 3.20. The summed E-state index contributed by atoms with van der Waals surface area (Å²) >= 11 is 0. The lowest BCUT2D eigenvalue weighted by atomic mass is 10.3. The molecule has 64 valence electrons. The van der Waals surface area contributed by atoms with E-state index in [4.69, 9.17) is 11.5 Å². The predicted molar refractivity (Wildman–Crippen MR) is 41.9 cm³/mol. The van der Waals surface area contributed by atoms with Gasteiger partial charge in [-0.1, -0.05) is 0 Å². The summed E-state index contributed by atoms with van der Waals surface area (Å²) < 4.78 is 0. The van der Waals surface area contributed by atoms with Gasteiger partial charge in [-0.25, -0.2) is 0 Å². The van der Waals surface area contributed by atoms with Gasteiger partial charge in [-0.05, 0) is 6.08 Å². The third kappa shape index (κ3) is 1.60. The molecule has 0 aliphatic carbocycles. The first-order valence-corrected chi connectivity index (χ1v) is 3.20. The third-order valence-corrected chi connectivity index (χ3v) is 1.30. The molecule has 0 aromatic rings. The summed E-state index contributed by atoms with van der Waals surface area (Å²) in [6, 6.07) is 0. The number of nitrogens with one attached hydrogen (secondary N) is 1. The Balaban J connectivity index is 2.74. The van der Waals surface area contributed by atoms with Gasteiger partial charge in [0.15, 0.2) is 6.17 Å². The molecule has 6 nitrogen and oxygen atoms in total. The summed E-state index contributed by atoms with van der Waals surface area (Å²) in [4.78, 5) is 24.9. The number of amides is 2. The van der Waals surface area contributed by atoms with Crippen LogP contribution in [0.1, 0.15) is 0 Å². The van der Waals surface area contributed by atoms with Crippen LogP contribution in [0.2, 0.25) is 0 Å². The Labute approximate surface area is 68.3 Å². The summed E-state index contributed by atoms with van der Waals surface area (Å²) in [5, 5.41) is 2.47. The van der Waals surface area contributed by atoms with Crippen LogP contribution < -0.4 is 16.8 Å². The van der Waals surface area contributed by atoms with Crippen molar-refractivity contribution >= 4 is 18.0 Å². The molecule has 12 heavy (non-hydrogen) atoms. The van der Waals surface area contributed by atoms with Crippen molar-refractivity contribution in [2.24, 2.45) is 16.5 Å². The summed E-state index contributed by atoms with van der Waals surface area (Å²) in [7, 11) is 0. The van der Waals surface area contributed by atoms with E-state index < -0.39 is 18.0 Å². The van der Waals surface area contributed by atoms with Crippen molar-refractivity contribution in [3.8, 4) is 0 Å². The highest BCUT2D eigenvalue weighted by Crippen LogP contribution is 1.97. The molecule has 0 spiro atoms. The summed E-state index contributed by atoms with van der Waals surface area (Å²) in [6.07, 6.45) is 1.80. The number of rotatable bonds is 2. The molecular formula is C6H8N4O2. The molecular weight excluding hydrogens is 160 g/mol. The number of primary amides is 2. The van der Waals surface area contributed by atoms with E-state index in [1.807, 2.05) is 0 Å². The fraction of sp³-hybridized carbons (Fsp3) is 0.167. The van der Waals surface area contributed by atoms with Crippen molar-refractivity contribution in [3.63, 3.8) is 0 Å². The van der Waals surface area contributed by atoms with E-state index in [-0.39, 0.29) is 5.70 Å². The molecule has 1 rings (SSSR count). The number of hydrogen-bond donors (Lipinski definition) is 3. The minimum Gasteiger partial charge on any atom is -0.366 e. The Morgan fingerprint density at radius 1 is 1.50 bits per heavy atom. The molecule has 1 aliphatic rings. The number of allylic oxidation sites excluding steroid dienone is 1. The quantitative estimate of drug-likeness (QED) is 0.436. The van der Waals surface area contributed by atoms with Gasteiger partial charge in [0.25, 0.3) is 11.8 Å². The maximum absolute atomic E-state index is 10.6. The monoisotopic (exact) mass is 168 g/mol. The smallest absolute Gasteiger partial charge is 0.264 e. The van der Waals surface area contributed by atoms with E-state index in [1.165, 1.54) is 12.3 Å². The lowest BCUT2D eigenvalue weighted by Crippen LogP contribution is -2.43. The van der Waals surface area contributed by atoms with E-state index in [2.05, 4.69) is 10.3 Å². The molecule has 0 bridgehead atoms. The van der Waals surface area contributed by atoms with E-state index in [9.17, 15) is 9.59 Å². The van der Waals surface area contributed by atoms with Gasteiger partial charge in [0.2, 0.25) is 0 Å². The van der Waals surface area contributed by atoms with Crippen LogP contribution in [0.4, 0.5) is 0 Å². The van der Waals surface area contributed by atoms with E-state index in [1.54, 1.807) is 0 Å². The average Bonchev–Trinajstić information content (AvgIpc) is 2.04. The largest absolute Gasteiger partial charge is 0.366 e. The number of nitrogens with two attached hydrogens (primary N) is 2. The zero-order chi connectivity index (χ0) is 9.14. The van der Waals surface area contributed by atoms with Gasteiger partial charge in [0.05, 0.1) is 0 Å². The molecule has 1 unspecified atom stereocenters. The molecule has 2 amide bonds. The Kier molecular flexibility index (Phi) is 2.09. The Bertz CT molecular complexity index is 281. The van der Waals surface area contributed by atoms with Crippen LogP contribution >= 0.6 is 0 Å². The van der Waals surface area contributed by atoms with Crippen LogP contribution in [0.25, 0.3) is 0 Å². The second-order valence-electron chi connectivity index (χ2n) is 2.19. The van der Waals surface area contributed by atoms with Crippen LogP contribution in [-0.2, 0) is 9.59 Å². The zero-order valence-electron chi connectivity index (χ0n) is 6.15. The van der Waals surface area contributed by atoms with Crippen LogP contribution in [0, 0.1) is 0 Å². The van der Waals surface area contributed by atoms with Gasteiger partial charge in [0.1, 0.15) is 5.70 Å². The molecule has 1 aliphatic heterocycles. The fourth-order valence-electron chi connectivity index (χ4n) is 0.734. The van der Waals surface area contributed by atoms with E-state index in [0.717, 1.165) is 0 Å². The van der Waals surface area contributed by atoms with Crippen LogP contribution in [0.3, 0.4) is 0 Å². The molecule has 1 atom stereocenters. The van der Waals surface area contributed by atoms with Crippen LogP contribution in [-0.4, -0.2) is 24.2 Å². The van der Waals surface area contributed by atoms with Crippen molar-refractivity contribution < 1.29 is 9.59 Å². The summed E-state index contributed by atoms with van der Waals surface area (Å²) in [5.74, 6) is -1.30. The van der Waals surface area contributed by atoms with Gasteiger partial charge in [0, 0.05) is 6.21 Å². The first-order chi connectivity index (χ1) is 5.61. The number of nitrogens with zero attached hydrogens (tertiary/aromatic N) is 1. The van der Waals surface area contributed by atoms with Gasteiger partial charge < -0.3 is 16.8 Å². The van der Waals surface area contributed by atoms with Crippen molar-refractivity contribution in [2.45, 2.75) is 6.17 Å². The number of carbonyl (C=O) groups is 2. The molecule has 0 radical (unpaired) electrons. The van der Waals surface area contributed by atoms with Crippen molar-refractivity contribution in [2.75, 3.05) is 0 Å². The second-order valence-corrected chi connectivity index (χ2v) is 2.19. The van der Waals surface area contributed by atoms with Crippen LogP contribution in [0.15, 0.2) is 16.8 Å². The molecule has 5 N–H and O–H groups in total. The minimum absolute atomic E-state index is 0.133. The van der Waals surface area contributed by atoms with Gasteiger partial charge in [-0.2, -0.15) is 0 Å². The van der Waals surface area contributed by atoms with Gasteiger partial charge >= 0.3 is 0 Å². The third-order valence-electron chi connectivity index (χ3n) is 1.30. The predicted octanol–water partition coefficient (Wildman–Crippen LogP) is -2.16. The molecule has 0 saturated carbocycles. The maximum atomic E-state index is 10.6. The molecule has 0 saturated heterocycles. The molecule has 0 fully saturated rings.